The highest BCUT2D eigenvalue weighted by atomic mass is 16.5. The molecule has 1 aromatic heterocycles. The van der Waals surface area contributed by atoms with Gasteiger partial charge >= 0.3 is 0 Å². The van der Waals surface area contributed by atoms with E-state index in [1.54, 1.807) is 7.11 Å². The summed E-state index contributed by atoms with van der Waals surface area (Å²) in [6, 6.07) is 2.73. The highest BCUT2D eigenvalue weighted by molar-refractivity contribution is 5.12. The first-order chi connectivity index (χ1) is 9.24. The lowest BCUT2D eigenvalue weighted by atomic mass is 10.1. The van der Waals surface area contributed by atoms with E-state index in [2.05, 4.69) is 41.9 Å². The van der Waals surface area contributed by atoms with Crippen molar-refractivity contribution in [2.75, 3.05) is 20.3 Å². The molecule has 1 heterocycles. The SMILES string of the molecule is CCCNC(CCOC)Cc1cc(CC)nn1CC. The van der Waals surface area contributed by atoms with E-state index >= 15 is 0 Å². The lowest BCUT2D eigenvalue weighted by molar-refractivity contribution is 0.182. The van der Waals surface area contributed by atoms with Gasteiger partial charge in [0.2, 0.25) is 0 Å². The summed E-state index contributed by atoms with van der Waals surface area (Å²) in [4.78, 5) is 0. The summed E-state index contributed by atoms with van der Waals surface area (Å²) >= 11 is 0. The number of methoxy groups -OCH3 is 1. The van der Waals surface area contributed by atoms with E-state index in [4.69, 9.17) is 4.74 Å². The molecule has 19 heavy (non-hydrogen) atoms. The van der Waals surface area contributed by atoms with Crippen LogP contribution in [0.15, 0.2) is 6.07 Å². The van der Waals surface area contributed by atoms with E-state index in [0.717, 1.165) is 45.4 Å². The Bertz CT molecular complexity index is 341. The molecule has 1 N–H and O–H groups in total. The molecule has 1 aromatic rings. The Morgan fingerprint density at radius 2 is 2.16 bits per heavy atom. The Kier molecular flexibility index (Phi) is 7.75. The van der Waals surface area contributed by atoms with Crippen molar-refractivity contribution in [2.24, 2.45) is 0 Å². The zero-order chi connectivity index (χ0) is 14.1. The second kappa shape index (κ2) is 9.10. The van der Waals surface area contributed by atoms with Gasteiger partial charge in [-0.2, -0.15) is 5.10 Å². The fourth-order valence-corrected chi connectivity index (χ4v) is 2.26. The number of aryl methyl sites for hydroxylation is 2. The first-order valence-corrected chi connectivity index (χ1v) is 7.52. The van der Waals surface area contributed by atoms with Crippen LogP contribution in [0.3, 0.4) is 0 Å². The summed E-state index contributed by atoms with van der Waals surface area (Å²) in [6.07, 6.45) is 4.25. The first kappa shape index (κ1) is 16.2. The lowest BCUT2D eigenvalue weighted by Crippen LogP contribution is -2.33. The molecule has 1 atom stereocenters. The smallest absolute Gasteiger partial charge is 0.0624 e. The minimum atomic E-state index is 0.478. The Hall–Kier alpha value is -0.870. The van der Waals surface area contributed by atoms with Crippen LogP contribution < -0.4 is 5.32 Å². The van der Waals surface area contributed by atoms with Crippen LogP contribution in [0.1, 0.15) is 45.0 Å². The van der Waals surface area contributed by atoms with E-state index in [1.807, 2.05) is 0 Å². The summed E-state index contributed by atoms with van der Waals surface area (Å²) in [7, 11) is 1.77. The van der Waals surface area contributed by atoms with Crippen LogP contribution in [0, 0.1) is 0 Å². The van der Waals surface area contributed by atoms with Crippen molar-refractivity contribution in [3.8, 4) is 0 Å². The quantitative estimate of drug-likeness (QED) is 0.707. The Morgan fingerprint density at radius 3 is 2.74 bits per heavy atom. The van der Waals surface area contributed by atoms with E-state index in [1.165, 1.54) is 11.4 Å². The van der Waals surface area contributed by atoms with Gasteiger partial charge in [-0.3, -0.25) is 4.68 Å². The Labute approximate surface area is 117 Å². The van der Waals surface area contributed by atoms with Crippen LogP contribution in [0.25, 0.3) is 0 Å². The normalized spacial score (nSPS) is 12.8. The largest absolute Gasteiger partial charge is 0.385 e. The fourth-order valence-electron chi connectivity index (χ4n) is 2.26. The number of hydrogen-bond donors (Lipinski definition) is 1. The molecule has 0 radical (unpaired) electrons. The maximum atomic E-state index is 5.21. The van der Waals surface area contributed by atoms with Gasteiger partial charge in [0.25, 0.3) is 0 Å². The van der Waals surface area contributed by atoms with Crippen molar-refractivity contribution in [1.82, 2.24) is 15.1 Å². The number of rotatable bonds is 10. The summed E-state index contributed by atoms with van der Waals surface area (Å²) in [6.45, 7) is 9.33. The molecular weight excluding hydrogens is 238 g/mol. The predicted molar refractivity (Wildman–Crippen MR) is 79.6 cm³/mol. The van der Waals surface area contributed by atoms with Gasteiger partial charge in [0.05, 0.1) is 5.69 Å². The standard InChI is InChI=1S/C15H29N3O/c1-5-9-16-14(8-10-19-4)12-15-11-13(6-2)17-18(15)7-3/h11,14,16H,5-10,12H2,1-4H3. The maximum Gasteiger partial charge on any atom is 0.0624 e. The third-order valence-electron chi connectivity index (χ3n) is 3.38. The molecule has 0 aliphatic heterocycles. The first-order valence-electron chi connectivity index (χ1n) is 7.52. The third kappa shape index (κ3) is 5.33. The van der Waals surface area contributed by atoms with Gasteiger partial charge < -0.3 is 10.1 Å². The summed E-state index contributed by atoms with van der Waals surface area (Å²) in [5.74, 6) is 0. The number of nitrogens with zero attached hydrogens (tertiary/aromatic N) is 2. The van der Waals surface area contributed by atoms with Gasteiger partial charge in [0.1, 0.15) is 0 Å². The number of hydrogen-bond acceptors (Lipinski definition) is 3. The Morgan fingerprint density at radius 1 is 1.37 bits per heavy atom. The molecule has 0 fully saturated rings. The van der Waals surface area contributed by atoms with Crippen molar-refractivity contribution >= 4 is 0 Å². The average Bonchev–Trinajstić information content (AvgIpc) is 2.83. The number of ether oxygens (including phenoxy) is 1. The van der Waals surface area contributed by atoms with Gasteiger partial charge in [-0.15, -0.1) is 0 Å². The predicted octanol–water partition coefficient (Wildman–Crippen LogP) is 2.41. The van der Waals surface area contributed by atoms with E-state index < -0.39 is 0 Å². The molecule has 0 spiro atoms. The van der Waals surface area contributed by atoms with Crippen LogP contribution in [-0.2, 0) is 24.1 Å². The minimum absolute atomic E-state index is 0.478. The Balaban J connectivity index is 2.67. The average molecular weight is 267 g/mol. The second-order valence-corrected chi connectivity index (χ2v) is 4.93. The zero-order valence-electron chi connectivity index (χ0n) is 12.9. The van der Waals surface area contributed by atoms with Gasteiger partial charge in [-0.05, 0) is 38.8 Å². The summed E-state index contributed by atoms with van der Waals surface area (Å²) < 4.78 is 7.34. The molecule has 110 valence electrons. The molecule has 0 aliphatic rings. The minimum Gasteiger partial charge on any atom is -0.385 e. The molecule has 0 saturated heterocycles. The molecular formula is C15H29N3O. The van der Waals surface area contributed by atoms with Crippen molar-refractivity contribution in [3.63, 3.8) is 0 Å². The molecule has 1 unspecified atom stereocenters. The highest BCUT2D eigenvalue weighted by Crippen LogP contribution is 2.10. The molecule has 0 aromatic carbocycles. The molecule has 0 bridgehead atoms. The van der Waals surface area contributed by atoms with Gasteiger partial charge in [-0.25, -0.2) is 0 Å². The van der Waals surface area contributed by atoms with Crippen LogP contribution >= 0.6 is 0 Å². The summed E-state index contributed by atoms with van der Waals surface area (Å²) in [5, 5.41) is 8.23. The molecule has 0 saturated carbocycles. The molecule has 4 heteroatoms. The van der Waals surface area contributed by atoms with Gasteiger partial charge in [0, 0.05) is 38.4 Å². The van der Waals surface area contributed by atoms with E-state index in [-0.39, 0.29) is 0 Å². The maximum absolute atomic E-state index is 5.21. The van der Waals surface area contributed by atoms with Crippen LogP contribution in [0.4, 0.5) is 0 Å². The molecule has 0 amide bonds. The topological polar surface area (TPSA) is 39.1 Å². The number of nitrogens with one attached hydrogen (secondary N) is 1. The van der Waals surface area contributed by atoms with Crippen molar-refractivity contribution in [3.05, 3.63) is 17.5 Å². The van der Waals surface area contributed by atoms with E-state index in [0.29, 0.717) is 6.04 Å². The van der Waals surface area contributed by atoms with E-state index in [9.17, 15) is 0 Å². The molecule has 0 aliphatic carbocycles. The molecule has 1 rings (SSSR count). The van der Waals surface area contributed by atoms with Gasteiger partial charge in [0.15, 0.2) is 0 Å². The summed E-state index contributed by atoms with van der Waals surface area (Å²) in [5.41, 5.74) is 2.53. The van der Waals surface area contributed by atoms with Crippen molar-refractivity contribution < 1.29 is 4.74 Å². The van der Waals surface area contributed by atoms with Crippen LogP contribution in [-0.4, -0.2) is 36.1 Å². The van der Waals surface area contributed by atoms with Gasteiger partial charge in [-0.1, -0.05) is 13.8 Å². The fraction of sp³-hybridized carbons (Fsp3) is 0.800. The van der Waals surface area contributed by atoms with Crippen molar-refractivity contribution in [1.29, 1.82) is 0 Å². The zero-order valence-corrected chi connectivity index (χ0v) is 12.9. The number of aromatic nitrogens is 2. The van der Waals surface area contributed by atoms with Crippen LogP contribution in [0.2, 0.25) is 0 Å². The third-order valence-corrected chi connectivity index (χ3v) is 3.38. The monoisotopic (exact) mass is 267 g/mol. The highest BCUT2D eigenvalue weighted by Gasteiger charge is 2.13. The van der Waals surface area contributed by atoms with Crippen molar-refractivity contribution in [2.45, 2.75) is 59.0 Å². The van der Waals surface area contributed by atoms with Crippen LogP contribution in [0.5, 0.6) is 0 Å². The lowest BCUT2D eigenvalue weighted by Gasteiger charge is -2.18. The second-order valence-electron chi connectivity index (χ2n) is 4.93. The molecule has 4 nitrogen and oxygen atoms in total.